The molecule has 0 spiro atoms. The van der Waals surface area contributed by atoms with Gasteiger partial charge in [0.1, 0.15) is 0 Å². The van der Waals surface area contributed by atoms with Gasteiger partial charge in [-0.15, -0.1) is 0 Å². The SMILES string of the molecule is CC(CCS(C)=O)NC(=O)N1CCOCC1CC(=O)O. The van der Waals surface area contributed by atoms with E-state index in [1.54, 1.807) is 6.26 Å². The van der Waals surface area contributed by atoms with E-state index in [2.05, 4.69) is 5.32 Å². The number of hydrogen-bond acceptors (Lipinski definition) is 4. The highest BCUT2D eigenvalue weighted by atomic mass is 32.2. The molecule has 7 nitrogen and oxygen atoms in total. The molecule has 3 atom stereocenters. The van der Waals surface area contributed by atoms with Gasteiger partial charge in [-0.3, -0.25) is 9.00 Å². The third kappa shape index (κ3) is 5.87. The first-order chi connectivity index (χ1) is 9.40. The summed E-state index contributed by atoms with van der Waals surface area (Å²) in [5, 5.41) is 11.7. The third-order valence-electron chi connectivity index (χ3n) is 3.11. The van der Waals surface area contributed by atoms with Crippen LogP contribution in [0, 0.1) is 0 Å². The summed E-state index contributed by atoms with van der Waals surface area (Å²) in [5.41, 5.74) is 0. The lowest BCUT2D eigenvalue weighted by Gasteiger charge is -2.35. The van der Waals surface area contributed by atoms with Crippen molar-refractivity contribution in [3.63, 3.8) is 0 Å². The lowest BCUT2D eigenvalue weighted by molar-refractivity contribution is -0.139. The second-order valence-electron chi connectivity index (χ2n) is 4.94. The number of urea groups is 1. The molecule has 0 aromatic rings. The fourth-order valence-electron chi connectivity index (χ4n) is 2.00. The fourth-order valence-corrected chi connectivity index (χ4v) is 2.69. The molecule has 0 aromatic heterocycles. The van der Waals surface area contributed by atoms with Crippen molar-refractivity contribution in [1.29, 1.82) is 0 Å². The van der Waals surface area contributed by atoms with E-state index in [1.807, 2.05) is 6.92 Å². The molecule has 1 heterocycles. The first-order valence-electron chi connectivity index (χ1n) is 6.57. The summed E-state index contributed by atoms with van der Waals surface area (Å²) in [5.74, 6) is -0.420. The van der Waals surface area contributed by atoms with Crippen LogP contribution in [0.15, 0.2) is 0 Å². The van der Waals surface area contributed by atoms with Crippen LogP contribution in [-0.4, -0.2) is 70.1 Å². The number of nitrogens with zero attached hydrogens (tertiary/aromatic N) is 1. The Labute approximate surface area is 121 Å². The number of amides is 2. The summed E-state index contributed by atoms with van der Waals surface area (Å²) >= 11 is 0. The van der Waals surface area contributed by atoms with E-state index in [0.29, 0.717) is 25.3 Å². The number of carbonyl (C=O) groups is 2. The molecule has 0 radical (unpaired) electrons. The molecule has 2 amide bonds. The summed E-state index contributed by atoms with van der Waals surface area (Å²) in [6.07, 6.45) is 2.13. The second-order valence-corrected chi connectivity index (χ2v) is 6.49. The molecule has 116 valence electrons. The molecule has 3 unspecified atom stereocenters. The molecule has 8 heteroatoms. The molecule has 20 heavy (non-hydrogen) atoms. The number of nitrogens with one attached hydrogen (secondary N) is 1. The average molecular weight is 306 g/mol. The van der Waals surface area contributed by atoms with Crippen molar-refractivity contribution in [1.82, 2.24) is 10.2 Å². The second kappa shape index (κ2) is 8.21. The lowest BCUT2D eigenvalue weighted by atomic mass is 10.1. The minimum Gasteiger partial charge on any atom is -0.481 e. The third-order valence-corrected chi connectivity index (χ3v) is 3.92. The summed E-state index contributed by atoms with van der Waals surface area (Å²) in [4.78, 5) is 24.4. The van der Waals surface area contributed by atoms with Crippen LogP contribution in [0.1, 0.15) is 19.8 Å². The van der Waals surface area contributed by atoms with Crippen LogP contribution in [0.5, 0.6) is 0 Å². The Bertz CT molecular complexity index is 377. The number of morpholine rings is 1. The highest BCUT2D eigenvalue weighted by Crippen LogP contribution is 2.11. The van der Waals surface area contributed by atoms with Crippen LogP contribution < -0.4 is 5.32 Å². The molecule has 0 aliphatic carbocycles. The summed E-state index contributed by atoms with van der Waals surface area (Å²) in [7, 11) is -0.883. The Hall–Kier alpha value is -1.15. The number of rotatable bonds is 6. The Balaban J connectivity index is 2.50. The summed E-state index contributed by atoms with van der Waals surface area (Å²) in [6, 6.07) is -0.817. The van der Waals surface area contributed by atoms with Gasteiger partial charge in [-0.05, 0) is 13.3 Å². The normalized spacial score (nSPS) is 22.1. The van der Waals surface area contributed by atoms with Crippen LogP contribution in [-0.2, 0) is 20.3 Å². The van der Waals surface area contributed by atoms with Gasteiger partial charge in [0.2, 0.25) is 0 Å². The van der Waals surface area contributed by atoms with Gasteiger partial charge in [0, 0.05) is 35.4 Å². The number of ether oxygens (including phenoxy) is 1. The van der Waals surface area contributed by atoms with Gasteiger partial charge >= 0.3 is 12.0 Å². The van der Waals surface area contributed by atoms with E-state index < -0.39 is 22.8 Å². The van der Waals surface area contributed by atoms with Crippen LogP contribution in [0.4, 0.5) is 4.79 Å². The van der Waals surface area contributed by atoms with Gasteiger partial charge in [-0.1, -0.05) is 0 Å². The Kier molecular flexibility index (Phi) is 6.94. The molecule has 1 aliphatic rings. The van der Waals surface area contributed by atoms with Crippen molar-refractivity contribution >= 4 is 22.8 Å². The smallest absolute Gasteiger partial charge is 0.318 e. The maximum atomic E-state index is 12.1. The summed E-state index contributed by atoms with van der Waals surface area (Å²) in [6.45, 7) is 2.89. The largest absolute Gasteiger partial charge is 0.481 e. The van der Waals surface area contributed by atoms with Crippen molar-refractivity contribution in [2.45, 2.75) is 31.8 Å². The number of carboxylic acid groups (broad SMARTS) is 1. The number of hydrogen-bond donors (Lipinski definition) is 2. The van der Waals surface area contributed by atoms with E-state index in [4.69, 9.17) is 9.84 Å². The van der Waals surface area contributed by atoms with Gasteiger partial charge in [-0.25, -0.2) is 4.79 Å². The van der Waals surface area contributed by atoms with Gasteiger partial charge in [0.25, 0.3) is 0 Å². The highest BCUT2D eigenvalue weighted by Gasteiger charge is 2.29. The monoisotopic (exact) mass is 306 g/mol. The minimum atomic E-state index is -0.951. The molecular weight excluding hydrogens is 284 g/mol. The first-order valence-corrected chi connectivity index (χ1v) is 8.29. The van der Waals surface area contributed by atoms with Gasteiger partial charge in [0.05, 0.1) is 25.7 Å². The van der Waals surface area contributed by atoms with Crippen molar-refractivity contribution < 1.29 is 23.6 Å². The quantitative estimate of drug-likeness (QED) is 0.722. The van der Waals surface area contributed by atoms with Crippen LogP contribution in [0.3, 0.4) is 0 Å². The maximum absolute atomic E-state index is 12.1. The molecule has 2 N–H and O–H groups in total. The lowest BCUT2D eigenvalue weighted by Crippen LogP contribution is -2.54. The summed E-state index contributed by atoms with van der Waals surface area (Å²) < 4.78 is 16.2. The van der Waals surface area contributed by atoms with Gasteiger partial charge in [-0.2, -0.15) is 0 Å². The Morgan fingerprint density at radius 1 is 1.55 bits per heavy atom. The topological polar surface area (TPSA) is 95.9 Å². The van der Waals surface area contributed by atoms with Crippen molar-refractivity contribution in [2.24, 2.45) is 0 Å². The molecule has 1 saturated heterocycles. The molecule has 0 bridgehead atoms. The maximum Gasteiger partial charge on any atom is 0.318 e. The fraction of sp³-hybridized carbons (Fsp3) is 0.833. The predicted octanol–water partition coefficient (Wildman–Crippen LogP) is 0.0286. The molecule has 0 saturated carbocycles. The first kappa shape index (κ1) is 16.9. The average Bonchev–Trinajstić information content (AvgIpc) is 2.36. The number of carbonyl (C=O) groups excluding carboxylic acids is 1. The number of aliphatic carboxylic acids is 1. The molecule has 1 fully saturated rings. The zero-order valence-corrected chi connectivity index (χ0v) is 12.6. The molecule has 0 aromatic carbocycles. The van der Waals surface area contributed by atoms with E-state index in [9.17, 15) is 13.8 Å². The van der Waals surface area contributed by atoms with Gasteiger partial charge in [0.15, 0.2) is 0 Å². The van der Waals surface area contributed by atoms with Crippen LogP contribution in [0.25, 0.3) is 0 Å². The Morgan fingerprint density at radius 2 is 2.25 bits per heavy atom. The minimum absolute atomic E-state index is 0.0975. The van der Waals surface area contributed by atoms with Crippen molar-refractivity contribution in [2.75, 3.05) is 31.8 Å². The molecule has 1 rings (SSSR count). The number of carboxylic acids is 1. The molecule has 1 aliphatic heterocycles. The van der Waals surface area contributed by atoms with Crippen LogP contribution >= 0.6 is 0 Å². The predicted molar refractivity (Wildman–Crippen MR) is 75.1 cm³/mol. The highest BCUT2D eigenvalue weighted by molar-refractivity contribution is 7.84. The van der Waals surface area contributed by atoms with Crippen molar-refractivity contribution in [3.05, 3.63) is 0 Å². The zero-order chi connectivity index (χ0) is 15.1. The van der Waals surface area contributed by atoms with Crippen molar-refractivity contribution in [3.8, 4) is 0 Å². The van der Waals surface area contributed by atoms with Crippen LogP contribution in [0.2, 0.25) is 0 Å². The van der Waals surface area contributed by atoms with E-state index >= 15 is 0 Å². The van der Waals surface area contributed by atoms with E-state index in [1.165, 1.54) is 4.90 Å². The standard InChI is InChI=1S/C12H22N2O5S/c1-9(3-6-20(2)18)13-12(17)14-4-5-19-8-10(14)7-11(15)16/h9-10H,3-8H2,1-2H3,(H,13,17)(H,15,16). The van der Waals surface area contributed by atoms with Gasteiger partial charge < -0.3 is 20.1 Å². The molecular formula is C12H22N2O5S. The van der Waals surface area contributed by atoms with E-state index in [-0.39, 0.29) is 25.1 Å². The Morgan fingerprint density at radius 3 is 2.85 bits per heavy atom. The zero-order valence-electron chi connectivity index (χ0n) is 11.8. The van der Waals surface area contributed by atoms with E-state index in [0.717, 1.165) is 0 Å².